The molecule has 1 fully saturated rings. The van der Waals surface area contributed by atoms with Crippen molar-refractivity contribution in [3.63, 3.8) is 0 Å². The molecule has 2 aromatic carbocycles. The first-order chi connectivity index (χ1) is 13.8. The molecule has 1 amide bonds. The highest BCUT2D eigenvalue weighted by molar-refractivity contribution is 7.99. The summed E-state index contributed by atoms with van der Waals surface area (Å²) in [6.45, 7) is 1.73. The number of hydrogen-bond acceptors (Lipinski definition) is 4. The fourth-order valence-corrected chi connectivity index (χ4v) is 4.82. The summed E-state index contributed by atoms with van der Waals surface area (Å²) in [5.74, 6) is 0.593. The van der Waals surface area contributed by atoms with Crippen LogP contribution in [0.15, 0.2) is 47.4 Å². The molecule has 0 bridgehead atoms. The number of piperazine rings is 1. The second-order valence-electron chi connectivity index (χ2n) is 7.03. The Hall–Kier alpha value is -2.48. The van der Waals surface area contributed by atoms with Gasteiger partial charge in [0.15, 0.2) is 5.78 Å². The molecule has 0 aliphatic carbocycles. The van der Waals surface area contributed by atoms with Gasteiger partial charge in [-0.25, -0.2) is 0 Å². The Morgan fingerprint density at radius 2 is 1.72 bits per heavy atom. The van der Waals surface area contributed by atoms with Crippen molar-refractivity contribution in [1.82, 2.24) is 4.90 Å². The number of thioether (sulfide) groups is 1. The van der Waals surface area contributed by atoms with Crippen molar-refractivity contribution >= 4 is 29.1 Å². The molecule has 2 aromatic rings. The second-order valence-corrected chi connectivity index (χ2v) is 8.14. The van der Waals surface area contributed by atoms with Gasteiger partial charge in [0.2, 0.25) is 0 Å². The van der Waals surface area contributed by atoms with Crippen molar-refractivity contribution < 1.29 is 22.8 Å². The van der Waals surface area contributed by atoms with Gasteiger partial charge < -0.3 is 9.80 Å². The first-order valence-electron chi connectivity index (χ1n) is 9.35. The van der Waals surface area contributed by atoms with Crippen LogP contribution in [-0.4, -0.2) is 48.5 Å². The van der Waals surface area contributed by atoms with Crippen LogP contribution in [0.2, 0.25) is 0 Å². The zero-order valence-corrected chi connectivity index (χ0v) is 16.4. The third-order valence-electron chi connectivity index (χ3n) is 5.23. The van der Waals surface area contributed by atoms with E-state index >= 15 is 0 Å². The summed E-state index contributed by atoms with van der Waals surface area (Å²) in [6, 6.07) is 10.5. The zero-order valence-electron chi connectivity index (χ0n) is 15.5. The summed E-state index contributed by atoms with van der Waals surface area (Å²) in [5, 5.41) is 0. The Bertz CT molecular complexity index is 953. The Balaban J connectivity index is 1.48. The number of Topliss-reactive ketones (excluding diaryl/α,β-unsaturated/α-hetero) is 1. The van der Waals surface area contributed by atoms with E-state index in [1.54, 1.807) is 29.2 Å². The Labute approximate surface area is 170 Å². The number of halogens is 3. The van der Waals surface area contributed by atoms with Crippen LogP contribution in [0.5, 0.6) is 0 Å². The monoisotopic (exact) mass is 420 g/mol. The molecular weight excluding hydrogens is 401 g/mol. The number of ketones is 1. The van der Waals surface area contributed by atoms with E-state index in [4.69, 9.17) is 0 Å². The number of hydrogen-bond donors (Lipinski definition) is 0. The fourth-order valence-electron chi connectivity index (χ4n) is 3.68. The number of carbonyl (C=O) groups excluding carboxylic acids is 2. The Morgan fingerprint density at radius 3 is 2.45 bits per heavy atom. The second kappa shape index (κ2) is 7.74. The zero-order chi connectivity index (χ0) is 20.6. The van der Waals surface area contributed by atoms with E-state index in [1.807, 2.05) is 4.90 Å². The molecule has 0 radical (unpaired) electrons. The van der Waals surface area contributed by atoms with Crippen molar-refractivity contribution in [2.75, 3.05) is 36.8 Å². The number of amides is 1. The third-order valence-corrected chi connectivity index (χ3v) is 6.36. The lowest BCUT2D eigenvalue weighted by molar-refractivity contribution is -0.137. The summed E-state index contributed by atoms with van der Waals surface area (Å²) < 4.78 is 38.9. The largest absolute Gasteiger partial charge is 0.416 e. The summed E-state index contributed by atoms with van der Waals surface area (Å²) in [7, 11) is 0. The summed E-state index contributed by atoms with van der Waals surface area (Å²) in [5.41, 5.74) is 0.971. The molecule has 4 rings (SSSR count). The number of benzene rings is 2. The standard InChI is InChI=1S/C21H19F3N2O2S/c22-21(23,24)14-3-1-4-15(13-14)25-8-10-26(11-9-25)20(28)17-6-2-5-16-18(27)7-12-29-19(16)17/h1-6,13H,7-12H2. The Morgan fingerprint density at radius 1 is 1.00 bits per heavy atom. The van der Waals surface area contributed by atoms with Crippen molar-refractivity contribution in [1.29, 1.82) is 0 Å². The minimum atomic E-state index is -4.38. The van der Waals surface area contributed by atoms with E-state index in [0.29, 0.717) is 55.2 Å². The van der Waals surface area contributed by atoms with Crippen molar-refractivity contribution in [3.05, 3.63) is 59.2 Å². The summed E-state index contributed by atoms with van der Waals surface area (Å²) in [4.78, 5) is 29.5. The molecule has 0 aromatic heterocycles. The molecule has 4 nitrogen and oxygen atoms in total. The molecule has 0 unspecified atom stereocenters. The van der Waals surface area contributed by atoms with E-state index in [0.717, 1.165) is 17.0 Å². The van der Waals surface area contributed by atoms with Gasteiger partial charge in [-0.2, -0.15) is 13.2 Å². The van der Waals surface area contributed by atoms with Gasteiger partial charge >= 0.3 is 6.18 Å². The van der Waals surface area contributed by atoms with Gasteiger partial charge in [-0.3, -0.25) is 9.59 Å². The van der Waals surface area contributed by atoms with Gasteiger partial charge in [0.25, 0.3) is 5.91 Å². The van der Waals surface area contributed by atoms with E-state index in [-0.39, 0.29) is 11.7 Å². The molecule has 0 spiro atoms. The molecule has 2 aliphatic heterocycles. The van der Waals surface area contributed by atoms with Gasteiger partial charge in [-0.05, 0) is 24.3 Å². The van der Waals surface area contributed by atoms with E-state index in [2.05, 4.69) is 0 Å². The SMILES string of the molecule is O=C1CCSc2c1cccc2C(=O)N1CCN(c2cccc(C(F)(F)F)c2)CC1. The lowest BCUT2D eigenvalue weighted by atomic mass is 10.0. The molecule has 0 atom stereocenters. The first-order valence-corrected chi connectivity index (χ1v) is 10.3. The average Bonchev–Trinajstić information content (AvgIpc) is 2.73. The van der Waals surface area contributed by atoms with Gasteiger partial charge in [-0.1, -0.05) is 18.2 Å². The first kappa shape index (κ1) is 19.8. The molecule has 2 heterocycles. The van der Waals surface area contributed by atoms with Crippen LogP contribution in [-0.2, 0) is 6.18 Å². The van der Waals surface area contributed by atoms with E-state index in [9.17, 15) is 22.8 Å². The fraction of sp³-hybridized carbons (Fsp3) is 0.333. The highest BCUT2D eigenvalue weighted by atomic mass is 32.2. The minimum absolute atomic E-state index is 0.0581. The maximum absolute atomic E-state index is 13.0. The topological polar surface area (TPSA) is 40.6 Å². The minimum Gasteiger partial charge on any atom is -0.368 e. The van der Waals surface area contributed by atoms with Crippen molar-refractivity contribution in [2.24, 2.45) is 0 Å². The summed E-state index contributed by atoms with van der Waals surface area (Å²) in [6.07, 6.45) is -3.90. The van der Waals surface area contributed by atoms with Gasteiger partial charge in [0.1, 0.15) is 0 Å². The van der Waals surface area contributed by atoms with Crippen LogP contribution >= 0.6 is 11.8 Å². The molecule has 1 saturated heterocycles. The lowest BCUT2D eigenvalue weighted by Crippen LogP contribution is -2.49. The number of rotatable bonds is 2. The van der Waals surface area contributed by atoms with E-state index < -0.39 is 11.7 Å². The van der Waals surface area contributed by atoms with Gasteiger partial charge in [0.05, 0.1) is 11.1 Å². The van der Waals surface area contributed by atoms with Crippen LogP contribution in [0.25, 0.3) is 0 Å². The third kappa shape index (κ3) is 3.99. The van der Waals surface area contributed by atoms with Crippen molar-refractivity contribution in [2.45, 2.75) is 17.5 Å². The van der Waals surface area contributed by atoms with Crippen LogP contribution < -0.4 is 4.90 Å². The van der Waals surface area contributed by atoms with Crippen LogP contribution in [0.3, 0.4) is 0 Å². The van der Waals surface area contributed by atoms with Gasteiger partial charge in [-0.15, -0.1) is 11.8 Å². The number of nitrogens with zero attached hydrogens (tertiary/aromatic N) is 2. The smallest absolute Gasteiger partial charge is 0.368 e. The molecular formula is C21H19F3N2O2S. The normalized spacial score (nSPS) is 17.3. The van der Waals surface area contributed by atoms with Crippen LogP contribution in [0.4, 0.5) is 18.9 Å². The molecule has 0 N–H and O–H groups in total. The highest BCUT2D eigenvalue weighted by Gasteiger charge is 2.32. The number of anilines is 1. The molecule has 8 heteroatoms. The predicted octanol–water partition coefficient (Wildman–Crippen LogP) is 4.35. The van der Waals surface area contributed by atoms with Crippen molar-refractivity contribution in [3.8, 4) is 0 Å². The van der Waals surface area contributed by atoms with Crippen LogP contribution in [0.1, 0.15) is 32.7 Å². The number of carbonyl (C=O) groups is 2. The number of alkyl halides is 3. The van der Waals surface area contributed by atoms with E-state index in [1.165, 1.54) is 17.8 Å². The quantitative estimate of drug-likeness (QED) is 0.725. The molecule has 2 aliphatic rings. The molecule has 152 valence electrons. The molecule has 29 heavy (non-hydrogen) atoms. The average molecular weight is 420 g/mol. The van der Waals surface area contributed by atoms with Gasteiger partial charge in [0, 0.05) is 54.5 Å². The highest BCUT2D eigenvalue weighted by Crippen LogP contribution is 2.34. The Kier molecular flexibility index (Phi) is 5.29. The maximum atomic E-state index is 13.0. The molecule has 0 saturated carbocycles. The predicted molar refractivity (Wildman–Crippen MR) is 106 cm³/mol. The summed E-state index contributed by atoms with van der Waals surface area (Å²) >= 11 is 1.53. The lowest BCUT2D eigenvalue weighted by Gasteiger charge is -2.36. The van der Waals surface area contributed by atoms with Crippen LogP contribution in [0, 0.1) is 0 Å². The number of fused-ring (bicyclic) bond motifs is 1. The maximum Gasteiger partial charge on any atom is 0.416 e.